The molecule has 1 aliphatic carbocycles. The monoisotopic (exact) mass is 475 g/mol. The number of aryl methyl sites for hydroxylation is 3. The first-order valence-corrected chi connectivity index (χ1v) is 13.5. The Hall–Kier alpha value is -2.82. The van der Waals surface area contributed by atoms with Crippen LogP contribution < -0.4 is 10.1 Å². The van der Waals surface area contributed by atoms with Crippen molar-refractivity contribution in [1.29, 1.82) is 0 Å². The van der Waals surface area contributed by atoms with Crippen LogP contribution in [0.15, 0.2) is 42.5 Å². The maximum absolute atomic E-state index is 12.3. The number of nitrogens with zero attached hydrogens (tertiary/aromatic N) is 2. The van der Waals surface area contributed by atoms with E-state index in [1.54, 1.807) is 0 Å². The normalized spacial score (nSPS) is 14.3. The van der Waals surface area contributed by atoms with Gasteiger partial charge in [0.05, 0.1) is 17.6 Å². The highest BCUT2D eigenvalue weighted by molar-refractivity contribution is 5.78. The molecule has 0 unspecified atom stereocenters. The predicted octanol–water partition coefficient (Wildman–Crippen LogP) is 6.53. The number of para-hydroxylation sites is 2. The molecule has 1 amide bonds. The average Bonchev–Trinajstić information content (AvgIpc) is 3.24. The van der Waals surface area contributed by atoms with Gasteiger partial charge in [0, 0.05) is 25.4 Å². The SMILES string of the molecule is Cc1cccc(OCCCn2c(CCCCCNC(=O)C3CCCCC3)nc3ccccc32)c1C. The quantitative estimate of drug-likeness (QED) is 0.303. The number of aromatic nitrogens is 2. The summed E-state index contributed by atoms with van der Waals surface area (Å²) in [5.41, 5.74) is 4.75. The second-order valence-corrected chi connectivity index (χ2v) is 10.0. The highest BCUT2D eigenvalue weighted by atomic mass is 16.5. The van der Waals surface area contributed by atoms with Gasteiger partial charge in [0.15, 0.2) is 0 Å². The van der Waals surface area contributed by atoms with Crippen LogP contribution in [0.5, 0.6) is 5.75 Å². The summed E-state index contributed by atoms with van der Waals surface area (Å²) in [7, 11) is 0. The first kappa shape index (κ1) is 25.3. The van der Waals surface area contributed by atoms with E-state index >= 15 is 0 Å². The van der Waals surface area contributed by atoms with E-state index in [9.17, 15) is 4.79 Å². The molecule has 0 atom stereocenters. The van der Waals surface area contributed by atoms with Crippen molar-refractivity contribution in [2.45, 2.75) is 84.6 Å². The lowest BCUT2D eigenvalue weighted by Gasteiger charge is -2.20. The van der Waals surface area contributed by atoms with Gasteiger partial charge in [-0.3, -0.25) is 4.79 Å². The molecule has 4 rings (SSSR count). The third-order valence-electron chi connectivity index (χ3n) is 7.42. The van der Waals surface area contributed by atoms with Crippen molar-refractivity contribution in [2.75, 3.05) is 13.2 Å². The molecule has 0 saturated heterocycles. The highest BCUT2D eigenvalue weighted by Gasteiger charge is 2.20. The molecule has 1 heterocycles. The van der Waals surface area contributed by atoms with Gasteiger partial charge in [-0.25, -0.2) is 4.98 Å². The predicted molar refractivity (Wildman–Crippen MR) is 143 cm³/mol. The largest absolute Gasteiger partial charge is 0.493 e. The van der Waals surface area contributed by atoms with E-state index in [-0.39, 0.29) is 11.8 Å². The van der Waals surface area contributed by atoms with Gasteiger partial charge in [-0.1, -0.05) is 49.9 Å². The smallest absolute Gasteiger partial charge is 0.223 e. The lowest BCUT2D eigenvalue weighted by Crippen LogP contribution is -2.32. The Kier molecular flexibility index (Phi) is 9.21. The van der Waals surface area contributed by atoms with Crippen molar-refractivity contribution in [2.24, 2.45) is 5.92 Å². The number of hydrogen-bond acceptors (Lipinski definition) is 3. The molecule has 35 heavy (non-hydrogen) atoms. The van der Waals surface area contributed by atoms with Crippen LogP contribution >= 0.6 is 0 Å². The number of unbranched alkanes of at least 4 members (excludes halogenated alkanes) is 2. The van der Waals surface area contributed by atoms with Crippen LogP contribution in [0.25, 0.3) is 11.0 Å². The highest BCUT2D eigenvalue weighted by Crippen LogP contribution is 2.24. The zero-order chi connectivity index (χ0) is 24.5. The molecule has 5 nitrogen and oxygen atoms in total. The first-order valence-electron chi connectivity index (χ1n) is 13.5. The molecule has 1 aliphatic rings. The fraction of sp³-hybridized carbons (Fsp3) is 0.533. The van der Waals surface area contributed by atoms with Crippen LogP contribution in [0.2, 0.25) is 0 Å². The maximum atomic E-state index is 12.3. The van der Waals surface area contributed by atoms with Gasteiger partial charge in [0.1, 0.15) is 11.6 Å². The average molecular weight is 476 g/mol. The molecule has 3 aromatic rings. The van der Waals surface area contributed by atoms with E-state index in [0.29, 0.717) is 6.61 Å². The summed E-state index contributed by atoms with van der Waals surface area (Å²) in [5, 5.41) is 3.17. The minimum Gasteiger partial charge on any atom is -0.493 e. The van der Waals surface area contributed by atoms with Crippen LogP contribution in [0, 0.1) is 19.8 Å². The summed E-state index contributed by atoms with van der Waals surface area (Å²) >= 11 is 0. The lowest BCUT2D eigenvalue weighted by atomic mass is 9.89. The number of amides is 1. The number of rotatable bonds is 12. The Morgan fingerprint density at radius 1 is 1.00 bits per heavy atom. The zero-order valence-corrected chi connectivity index (χ0v) is 21.5. The second kappa shape index (κ2) is 12.8. The Morgan fingerprint density at radius 3 is 2.69 bits per heavy atom. The number of hydrogen-bond donors (Lipinski definition) is 1. The topological polar surface area (TPSA) is 56.1 Å². The Balaban J connectivity index is 1.24. The van der Waals surface area contributed by atoms with Gasteiger partial charge < -0.3 is 14.6 Å². The third kappa shape index (κ3) is 6.87. The summed E-state index contributed by atoms with van der Waals surface area (Å²) in [6, 6.07) is 14.6. The molecule has 2 aromatic carbocycles. The third-order valence-corrected chi connectivity index (χ3v) is 7.42. The summed E-state index contributed by atoms with van der Waals surface area (Å²) in [6.45, 7) is 6.63. The molecule has 0 radical (unpaired) electrons. The van der Waals surface area contributed by atoms with Crippen molar-refractivity contribution in [3.05, 3.63) is 59.4 Å². The molecule has 1 aromatic heterocycles. The molecule has 0 bridgehead atoms. The number of benzene rings is 2. The fourth-order valence-electron chi connectivity index (χ4n) is 5.16. The van der Waals surface area contributed by atoms with Gasteiger partial charge in [0.25, 0.3) is 0 Å². The molecular formula is C30H41N3O2. The van der Waals surface area contributed by atoms with Crippen molar-refractivity contribution < 1.29 is 9.53 Å². The number of nitrogens with one attached hydrogen (secondary N) is 1. The fourth-order valence-corrected chi connectivity index (χ4v) is 5.16. The standard InChI is InChI=1S/C30H41N3O2/c1-23-13-11-18-28(24(23)2)35-22-12-21-33-27-17-9-8-16-26(27)32-29(33)19-7-4-10-20-31-30(34)25-14-5-3-6-15-25/h8-9,11,13,16-18,25H,3-7,10,12,14-15,19-22H2,1-2H3,(H,31,34). The van der Waals surface area contributed by atoms with Crippen molar-refractivity contribution in [3.63, 3.8) is 0 Å². The summed E-state index contributed by atoms with van der Waals surface area (Å²) in [6.07, 6.45) is 10.9. The van der Waals surface area contributed by atoms with E-state index in [4.69, 9.17) is 9.72 Å². The molecular weight excluding hydrogens is 434 g/mol. The minimum atomic E-state index is 0.252. The van der Waals surface area contributed by atoms with Gasteiger partial charge >= 0.3 is 0 Å². The van der Waals surface area contributed by atoms with E-state index in [1.165, 1.54) is 35.9 Å². The maximum Gasteiger partial charge on any atom is 0.223 e. The number of fused-ring (bicyclic) bond motifs is 1. The van der Waals surface area contributed by atoms with E-state index in [2.05, 4.69) is 66.2 Å². The Morgan fingerprint density at radius 2 is 1.83 bits per heavy atom. The van der Waals surface area contributed by atoms with E-state index in [1.807, 2.05) is 0 Å². The molecule has 1 N–H and O–H groups in total. The molecule has 5 heteroatoms. The molecule has 1 fully saturated rings. The van der Waals surface area contributed by atoms with E-state index in [0.717, 1.165) is 75.1 Å². The van der Waals surface area contributed by atoms with Crippen molar-refractivity contribution in [3.8, 4) is 5.75 Å². The second-order valence-electron chi connectivity index (χ2n) is 10.0. The van der Waals surface area contributed by atoms with Crippen LogP contribution in [-0.2, 0) is 17.8 Å². The first-order chi connectivity index (χ1) is 17.1. The lowest BCUT2D eigenvalue weighted by molar-refractivity contribution is -0.125. The number of imidazole rings is 1. The number of ether oxygens (including phenoxy) is 1. The molecule has 188 valence electrons. The Bertz CT molecular complexity index is 1100. The Labute approximate surface area is 210 Å². The summed E-state index contributed by atoms with van der Waals surface area (Å²) in [5.74, 6) is 2.66. The van der Waals surface area contributed by atoms with E-state index < -0.39 is 0 Å². The van der Waals surface area contributed by atoms with Gasteiger partial charge in [-0.15, -0.1) is 0 Å². The zero-order valence-electron chi connectivity index (χ0n) is 21.5. The van der Waals surface area contributed by atoms with Crippen molar-refractivity contribution >= 4 is 16.9 Å². The van der Waals surface area contributed by atoms with Gasteiger partial charge in [-0.2, -0.15) is 0 Å². The minimum absolute atomic E-state index is 0.252. The van der Waals surface area contributed by atoms with Crippen LogP contribution in [0.4, 0.5) is 0 Å². The van der Waals surface area contributed by atoms with Gasteiger partial charge in [0.2, 0.25) is 5.91 Å². The molecule has 0 spiro atoms. The van der Waals surface area contributed by atoms with Crippen LogP contribution in [0.1, 0.15) is 74.7 Å². The van der Waals surface area contributed by atoms with Crippen molar-refractivity contribution in [1.82, 2.24) is 14.9 Å². The van der Waals surface area contributed by atoms with Gasteiger partial charge in [-0.05, 0) is 75.3 Å². The molecule has 0 aliphatic heterocycles. The number of carbonyl (C=O) groups excluding carboxylic acids is 1. The molecule has 1 saturated carbocycles. The summed E-state index contributed by atoms with van der Waals surface area (Å²) in [4.78, 5) is 17.2. The van der Waals surface area contributed by atoms with Crippen LogP contribution in [0.3, 0.4) is 0 Å². The summed E-state index contributed by atoms with van der Waals surface area (Å²) < 4.78 is 8.46. The van der Waals surface area contributed by atoms with Crippen LogP contribution in [-0.4, -0.2) is 28.6 Å². The number of carbonyl (C=O) groups is 1.